The van der Waals surface area contributed by atoms with E-state index < -0.39 is 23.6 Å². The lowest BCUT2D eigenvalue weighted by atomic mass is 9.87. The van der Waals surface area contributed by atoms with E-state index in [4.69, 9.17) is 4.74 Å². The van der Waals surface area contributed by atoms with Crippen molar-refractivity contribution in [2.24, 2.45) is 5.92 Å². The van der Waals surface area contributed by atoms with Gasteiger partial charge in [-0.3, -0.25) is 4.79 Å². The highest BCUT2D eigenvalue weighted by atomic mass is 16.6. The largest absolute Gasteiger partial charge is 0.481 e. The molecule has 1 amide bonds. The van der Waals surface area contributed by atoms with Crippen LogP contribution < -0.4 is 5.32 Å². The van der Waals surface area contributed by atoms with Crippen LogP contribution in [0.2, 0.25) is 0 Å². The fourth-order valence-electron chi connectivity index (χ4n) is 2.41. The molecule has 0 aromatic carbocycles. The molecule has 5 nitrogen and oxygen atoms in total. The van der Waals surface area contributed by atoms with Crippen LogP contribution in [0.15, 0.2) is 0 Å². The summed E-state index contributed by atoms with van der Waals surface area (Å²) in [5.74, 6) is -1.34. The second-order valence-electron chi connectivity index (χ2n) is 6.19. The SMILES string of the molecule is CC(C)(C)OC(=O)N[C@H]1CCCCCC[C@@H]1C(=O)O. The summed E-state index contributed by atoms with van der Waals surface area (Å²) >= 11 is 0. The van der Waals surface area contributed by atoms with Crippen molar-refractivity contribution in [3.05, 3.63) is 0 Å². The van der Waals surface area contributed by atoms with Crippen LogP contribution in [0, 0.1) is 5.92 Å². The van der Waals surface area contributed by atoms with Gasteiger partial charge in [-0.2, -0.15) is 0 Å². The van der Waals surface area contributed by atoms with Crippen LogP contribution in [-0.4, -0.2) is 28.8 Å². The Hall–Kier alpha value is -1.26. The second kappa shape index (κ2) is 6.78. The number of carboxylic acid groups (broad SMARTS) is 1. The quantitative estimate of drug-likeness (QED) is 0.809. The van der Waals surface area contributed by atoms with Gasteiger partial charge in [0.15, 0.2) is 0 Å². The zero-order valence-electron chi connectivity index (χ0n) is 12.1. The second-order valence-corrected chi connectivity index (χ2v) is 6.19. The summed E-state index contributed by atoms with van der Waals surface area (Å²) in [6, 6.07) is -0.326. The molecule has 1 aliphatic rings. The Balaban J connectivity index is 2.63. The standard InChI is InChI=1S/C14H25NO4/c1-14(2,3)19-13(18)15-11-9-7-5-4-6-8-10(11)12(16)17/h10-11H,4-9H2,1-3H3,(H,15,18)(H,16,17)/t10-,11-/m0/s1. The lowest BCUT2D eigenvalue weighted by Gasteiger charge is -2.28. The van der Waals surface area contributed by atoms with E-state index in [2.05, 4.69) is 5.32 Å². The third-order valence-corrected chi connectivity index (χ3v) is 3.29. The maximum Gasteiger partial charge on any atom is 0.407 e. The lowest BCUT2D eigenvalue weighted by molar-refractivity contribution is -0.143. The number of hydrogen-bond donors (Lipinski definition) is 2. The highest BCUT2D eigenvalue weighted by Crippen LogP contribution is 2.23. The maximum absolute atomic E-state index is 11.8. The Bertz CT molecular complexity index is 322. The number of nitrogens with one attached hydrogen (secondary N) is 1. The van der Waals surface area contributed by atoms with Crippen molar-refractivity contribution in [2.45, 2.75) is 70.9 Å². The number of rotatable bonds is 2. The minimum absolute atomic E-state index is 0.326. The normalized spacial score (nSPS) is 25.0. The zero-order valence-corrected chi connectivity index (χ0v) is 12.1. The summed E-state index contributed by atoms with van der Waals surface area (Å²) in [4.78, 5) is 23.1. The Labute approximate surface area is 114 Å². The highest BCUT2D eigenvalue weighted by molar-refractivity contribution is 5.73. The molecule has 2 atom stereocenters. The van der Waals surface area contributed by atoms with Gasteiger partial charge in [0.05, 0.1) is 5.92 Å². The fraction of sp³-hybridized carbons (Fsp3) is 0.857. The summed E-state index contributed by atoms with van der Waals surface area (Å²) in [6.45, 7) is 5.37. The first-order valence-corrected chi connectivity index (χ1v) is 7.02. The first kappa shape index (κ1) is 15.8. The molecule has 1 rings (SSSR count). The fourth-order valence-corrected chi connectivity index (χ4v) is 2.41. The van der Waals surface area contributed by atoms with Crippen molar-refractivity contribution in [3.63, 3.8) is 0 Å². The van der Waals surface area contributed by atoms with E-state index in [1.54, 1.807) is 20.8 Å². The highest BCUT2D eigenvalue weighted by Gasteiger charge is 2.31. The number of amides is 1. The zero-order chi connectivity index (χ0) is 14.5. The van der Waals surface area contributed by atoms with Crippen molar-refractivity contribution in [1.82, 2.24) is 5.32 Å². The van der Waals surface area contributed by atoms with Crippen molar-refractivity contribution >= 4 is 12.1 Å². The Morgan fingerprint density at radius 2 is 1.68 bits per heavy atom. The molecule has 0 aromatic rings. The van der Waals surface area contributed by atoms with Crippen molar-refractivity contribution in [3.8, 4) is 0 Å². The van der Waals surface area contributed by atoms with E-state index in [1.165, 1.54) is 0 Å². The van der Waals surface area contributed by atoms with Gasteiger partial charge < -0.3 is 15.2 Å². The van der Waals surface area contributed by atoms with E-state index in [1.807, 2.05) is 0 Å². The topological polar surface area (TPSA) is 75.6 Å². The molecule has 19 heavy (non-hydrogen) atoms. The molecular weight excluding hydrogens is 246 g/mol. The summed E-state index contributed by atoms with van der Waals surface area (Å²) in [5, 5.41) is 12.0. The molecule has 0 spiro atoms. The number of alkyl carbamates (subject to hydrolysis) is 1. The lowest BCUT2D eigenvalue weighted by Crippen LogP contribution is -2.45. The number of hydrogen-bond acceptors (Lipinski definition) is 3. The maximum atomic E-state index is 11.8. The van der Waals surface area contributed by atoms with Gasteiger partial charge in [-0.15, -0.1) is 0 Å². The van der Waals surface area contributed by atoms with Gasteiger partial charge >= 0.3 is 12.1 Å². The van der Waals surface area contributed by atoms with E-state index in [9.17, 15) is 14.7 Å². The Morgan fingerprint density at radius 3 is 2.21 bits per heavy atom. The van der Waals surface area contributed by atoms with Gasteiger partial charge in [-0.05, 0) is 33.6 Å². The van der Waals surface area contributed by atoms with Gasteiger partial charge in [0.25, 0.3) is 0 Å². The van der Waals surface area contributed by atoms with Gasteiger partial charge in [-0.1, -0.05) is 25.7 Å². The predicted molar refractivity (Wildman–Crippen MR) is 72.0 cm³/mol. The van der Waals surface area contributed by atoms with Crippen LogP contribution >= 0.6 is 0 Å². The number of carbonyl (C=O) groups excluding carboxylic acids is 1. The summed E-state index contributed by atoms with van der Waals surface area (Å²) in [6.07, 6.45) is 4.82. The molecule has 1 fully saturated rings. The van der Waals surface area contributed by atoms with Crippen LogP contribution in [0.25, 0.3) is 0 Å². The molecule has 110 valence electrons. The van der Waals surface area contributed by atoms with Gasteiger partial charge in [-0.25, -0.2) is 4.79 Å². The number of aliphatic carboxylic acids is 1. The minimum Gasteiger partial charge on any atom is -0.481 e. The smallest absolute Gasteiger partial charge is 0.407 e. The monoisotopic (exact) mass is 271 g/mol. The van der Waals surface area contributed by atoms with Gasteiger partial charge in [0.1, 0.15) is 5.60 Å². The molecule has 0 heterocycles. The van der Waals surface area contributed by atoms with Crippen molar-refractivity contribution in [2.75, 3.05) is 0 Å². The number of carbonyl (C=O) groups is 2. The van der Waals surface area contributed by atoms with Crippen LogP contribution in [0.4, 0.5) is 4.79 Å². The van der Waals surface area contributed by atoms with Crippen LogP contribution in [0.1, 0.15) is 59.3 Å². The minimum atomic E-state index is -0.831. The Morgan fingerprint density at radius 1 is 1.11 bits per heavy atom. The van der Waals surface area contributed by atoms with Crippen LogP contribution in [-0.2, 0) is 9.53 Å². The average Bonchev–Trinajstić information content (AvgIpc) is 2.18. The molecular formula is C14H25NO4. The molecule has 1 aliphatic carbocycles. The molecule has 5 heteroatoms. The van der Waals surface area contributed by atoms with Crippen LogP contribution in [0.3, 0.4) is 0 Å². The van der Waals surface area contributed by atoms with E-state index in [0.29, 0.717) is 12.8 Å². The third kappa shape index (κ3) is 5.94. The molecule has 0 bridgehead atoms. The molecule has 0 aromatic heterocycles. The van der Waals surface area contributed by atoms with Crippen molar-refractivity contribution in [1.29, 1.82) is 0 Å². The Kier molecular flexibility index (Phi) is 5.63. The van der Waals surface area contributed by atoms with Crippen LogP contribution in [0.5, 0.6) is 0 Å². The third-order valence-electron chi connectivity index (χ3n) is 3.29. The number of carboxylic acids is 1. The van der Waals surface area contributed by atoms with E-state index in [-0.39, 0.29) is 6.04 Å². The summed E-state index contributed by atoms with van der Waals surface area (Å²) in [7, 11) is 0. The molecule has 0 unspecified atom stereocenters. The molecule has 0 radical (unpaired) electrons. The van der Waals surface area contributed by atoms with Gasteiger partial charge in [0.2, 0.25) is 0 Å². The molecule has 0 aliphatic heterocycles. The molecule has 0 saturated heterocycles. The summed E-state index contributed by atoms with van der Waals surface area (Å²) < 4.78 is 5.20. The van der Waals surface area contributed by atoms with Gasteiger partial charge in [0, 0.05) is 6.04 Å². The molecule has 2 N–H and O–H groups in total. The average molecular weight is 271 g/mol. The first-order valence-electron chi connectivity index (χ1n) is 7.02. The molecule has 1 saturated carbocycles. The van der Waals surface area contributed by atoms with E-state index >= 15 is 0 Å². The number of ether oxygens (including phenoxy) is 1. The summed E-state index contributed by atoms with van der Waals surface area (Å²) in [5.41, 5.74) is -0.565. The van der Waals surface area contributed by atoms with E-state index in [0.717, 1.165) is 25.7 Å². The first-order chi connectivity index (χ1) is 8.79. The van der Waals surface area contributed by atoms with Crippen molar-refractivity contribution < 1.29 is 19.4 Å². The predicted octanol–water partition coefficient (Wildman–Crippen LogP) is 2.93.